The van der Waals surface area contributed by atoms with Crippen molar-refractivity contribution < 1.29 is 24.5 Å². The van der Waals surface area contributed by atoms with Gasteiger partial charge in [0.1, 0.15) is 23.4 Å². The predicted octanol–water partition coefficient (Wildman–Crippen LogP) is 3.35. The van der Waals surface area contributed by atoms with Gasteiger partial charge in [0.05, 0.1) is 22.9 Å². The number of nitrogens with one attached hydrogen (secondary N) is 2. The Bertz CT molecular complexity index is 1230. The normalized spacial score (nSPS) is 13.3. The number of phenolic OH excluding ortho intramolecular Hbond substituents is 1. The highest BCUT2D eigenvalue weighted by atomic mass is 35.5. The number of carboxylic acids is 1. The topological polar surface area (TPSA) is 124 Å². The Kier molecular flexibility index (Phi) is 7.80. The number of carbonyl (C=O) groups excluding carboxylic acids is 1. The van der Waals surface area contributed by atoms with Gasteiger partial charge in [-0.05, 0) is 42.0 Å². The molecule has 1 amide bonds. The first kappa shape index (κ1) is 25.1. The molecular weight excluding hydrogens is 484 g/mol. The van der Waals surface area contributed by atoms with Crippen LogP contribution in [0.4, 0.5) is 11.5 Å². The molecule has 1 atom stereocenters. The zero-order chi connectivity index (χ0) is 25.7. The van der Waals surface area contributed by atoms with Crippen molar-refractivity contribution in [3.63, 3.8) is 0 Å². The van der Waals surface area contributed by atoms with Crippen molar-refractivity contribution in [1.29, 1.82) is 0 Å². The molecule has 4 N–H and O–H groups in total. The van der Waals surface area contributed by atoms with Gasteiger partial charge >= 0.3 is 5.97 Å². The quantitative estimate of drug-likeness (QED) is 0.345. The van der Waals surface area contributed by atoms with Crippen molar-refractivity contribution in [2.24, 2.45) is 0 Å². The van der Waals surface area contributed by atoms with E-state index in [0.717, 1.165) is 30.3 Å². The number of fused-ring (bicyclic) bond motifs is 1. The van der Waals surface area contributed by atoms with Crippen LogP contribution < -0.4 is 20.3 Å². The summed E-state index contributed by atoms with van der Waals surface area (Å²) in [7, 11) is 2.05. The van der Waals surface area contributed by atoms with Crippen molar-refractivity contribution >= 4 is 35.0 Å². The Hall–Kier alpha value is -3.98. The van der Waals surface area contributed by atoms with Gasteiger partial charge in [0.25, 0.3) is 5.91 Å². The molecule has 10 heteroatoms. The lowest BCUT2D eigenvalue weighted by Gasteiger charge is -2.27. The molecule has 2 aromatic carbocycles. The number of likely N-dealkylation sites (N-methyl/N-ethyl adjacent to an activating group) is 1. The number of pyridine rings is 1. The van der Waals surface area contributed by atoms with Crippen molar-refractivity contribution in [2.45, 2.75) is 18.9 Å². The van der Waals surface area contributed by atoms with Crippen LogP contribution >= 0.6 is 11.6 Å². The van der Waals surface area contributed by atoms with Crippen LogP contribution in [0.15, 0.2) is 54.6 Å². The number of ether oxygens (including phenoxy) is 1. The number of anilines is 2. The molecule has 0 aliphatic carbocycles. The first-order valence-electron chi connectivity index (χ1n) is 11.5. The molecule has 0 bridgehead atoms. The van der Waals surface area contributed by atoms with E-state index in [1.807, 2.05) is 13.1 Å². The van der Waals surface area contributed by atoms with Crippen LogP contribution in [-0.2, 0) is 17.6 Å². The number of hydrogen-bond donors (Lipinski definition) is 4. The van der Waals surface area contributed by atoms with Gasteiger partial charge in [0.2, 0.25) is 0 Å². The van der Waals surface area contributed by atoms with E-state index in [1.54, 1.807) is 24.3 Å². The molecular formula is C26H27ClN4O5. The highest BCUT2D eigenvalue weighted by Crippen LogP contribution is 2.27. The Morgan fingerprint density at radius 2 is 1.97 bits per heavy atom. The summed E-state index contributed by atoms with van der Waals surface area (Å²) in [5.74, 6) is -0.752. The van der Waals surface area contributed by atoms with E-state index in [1.165, 1.54) is 18.2 Å². The van der Waals surface area contributed by atoms with Crippen molar-refractivity contribution in [3.05, 3.63) is 76.4 Å². The minimum absolute atomic E-state index is 0.0346. The van der Waals surface area contributed by atoms with Crippen LogP contribution in [0.1, 0.15) is 21.6 Å². The molecule has 9 nitrogen and oxygen atoms in total. The molecule has 188 valence electrons. The van der Waals surface area contributed by atoms with Crippen LogP contribution in [0.2, 0.25) is 5.02 Å². The van der Waals surface area contributed by atoms with E-state index in [-0.39, 0.29) is 22.8 Å². The maximum Gasteiger partial charge on any atom is 0.326 e. The second-order valence-electron chi connectivity index (χ2n) is 8.46. The molecule has 0 saturated carbocycles. The van der Waals surface area contributed by atoms with Gasteiger partial charge in [-0.15, -0.1) is 0 Å². The minimum Gasteiger partial charge on any atom is -0.507 e. The van der Waals surface area contributed by atoms with E-state index in [9.17, 15) is 19.8 Å². The van der Waals surface area contributed by atoms with Gasteiger partial charge < -0.3 is 30.5 Å². The van der Waals surface area contributed by atoms with Gasteiger partial charge in [0, 0.05) is 38.7 Å². The Labute approximate surface area is 213 Å². The number of benzene rings is 2. The third-order valence-corrected chi connectivity index (χ3v) is 6.21. The Balaban J connectivity index is 1.32. The number of carboxylic acid groups (broad SMARTS) is 1. The number of carbonyl (C=O) groups is 2. The molecule has 0 fully saturated rings. The van der Waals surface area contributed by atoms with Gasteiger partial charge in [-0.25, -0.2) is 9.78 Å². The zero-order valence-corrected chi connectivity index (χ0v) is 20.5. The molecule has 36 heavy (non-hydrogen) atoms. The number of halogens is 1. The fourth-order valence-electron chi connectivity index (χ4n) is 3.93. The second kappa shape index (κ2) is 11.2. The first-order chi connectivity index (χ1) is 17.3. The maximum atomic E-state index is 12.5. The maximum absolute atomic E-state index is 12.5. The van der Waals surface area contributed by atoms with E-state index >= 15 is 0 Å². The van der Waals surface area contributed by atoms with Gasteiger partial charge in [-0.3, -0.25) is 4.79 Å². The third-order valence-electron chi connectivity index (χ3n) is 5.89. The lowest BCUT2D eigenvalue weighted by atomic mass is 10.0. The molecule has 0 radical (unpaired) electrons. The highest BCUT2D eigenvalue weighted by Gasteiger charge is 2.24. The van der Waals surface area contributed by atoms with Crippen molar-refractivity contribution in [3.8, 4) is 11.5 Å². The molecule has 3 aromatic rings. The molecule has 0 saturated heterocycles. The van der Waals surface area contributed by atoms with Gasteiger partial charge in [0.15, 0.2) is 0 Å². The summed E-state index contributed by atoms with van der Waals surface area (Å²) in [6, 6.07) is 14.1. The van der Waals surface area contributed by atoms with E-state index < -0.39 is 17.9 Å². The fraction of sp³-hybridized carbons (Fsp3) is 0.269. The molecule has 1 aliphatic heterocycles. The number of nitrogens with zero attached hydrogens (tertiary/aromatic N) is 2. The zero-order valence-electron chi connectivity index (χ0n) is 19.7. The van der Waals surface area contributed by atoms with Crippen molar-refractivity contribution in [1.82, 2.24) is 10.3 Å². The third kappa shape index (κ3) is 5.98. The summed E-state index contributed by atoms with van der Waals surface area (Å²) in [6.07, 6.45) is 0.690. The summed E-state index contributed by atoms with van der Waals surface area (Å²) in [5, 5.41) is 25.3. The average Bonchev–Trinajstić information content (AvgIpc) is 2.84. The number of phenols is 1. The van der Waals surface area contributed by atoms with Crippen LogP contribution in [0.3, 0.4) is 0 Å². The summed E-state index contributed by atoms with van der Waals surface area (Å²) in [5.41, 5.74) is 2.55. The molecule has 4 rings (SSSR count). The lowest BCUT2D eigenvalue weighted by molar-refractivity contribution is -0.139. The average molecular weight is 511 g/mol. The Morgan fingerprint density at radius 1 is 1.19 bits per heavy atom. The summed E-state index contributed by atoms with van der Waals surface area (Å²) >= 11 is 5.99. The standard InChI is InChI=1S/C26H27ClN4O5/c1-31-13-12-28-24-21(31)10-7-17(29-24)11-14-36-18-8-5-16(6-9-18)15-20(26(34)35)30-25(33)23-19(27)3-2-4-22(23)32/h2-10,20,32H,11-15H2,1H3,(H,28,29)(H,30,33)(H,34,35). The van der Waals surface area contributed by atoms with E-state index in [2.05, 4.69) is 26.6 Å². The SMILES string of the molecule is CN1CCNc2nc(CCOc3ccc(CC(NC(=O)c4c(O)cccc4Cl)C(=O)O)cc3)ccc21. The molecule has 0 spiro atoms. The van der Waals surface area contributed by atoms with Crippen LogP contribution in [0, 0.1) is 0 Å². The van der Waals surface area contributed by atoms with E-state index in [0.29, 0.717) is 24.3 Å². The van der Waals surface area contributed by atoms with Gasteiger partial charge in [-0.1, -0.05) is 29.8 Å². The highest BCUT2D eigenvalue weighted by molar-refractivity contribution is 6.34. The molecule has 1 unspecified atom stereocenters. The molecule has 1 aliphatic rings. The number of aromatic hydroxyl groups is 1. The predicted molar refractivity (Wildman–Crippen MR) is 137 cm³/mol. The first-order valence-corrected chi connectivity index (χ1v) is 11.9. The lowest BCUT2D eigenvalue weighted by Crippen LogP contribution is -2.42. The number of amides is 1. The number of aromatic nitrogens is 1. The van der Waals surface area contributed by atoms with E-state index in [4.69, 9.17) is 16.3 Å². The monoisotopic (exact) mass is 510 g/mol. The summed E-state index contributed by atoms with van der Waals surface area (Å²) in [4.78, 5) is 31.1. The fourth-order valence-corrected chi connectivity index (χ4v) is 4.19. The smallest absolute Gasteiger partial charge is 0.326 e. The van der Waals surface area contributed by atoms with Crippen molar-refractivity contribution in [2.75, 3.05) is 37.0 Å². The second-order valence-corrected chi connectivity index (χ2v) is 8.87. The molecule has 2 heterocycles. The van der Waals surface area contributed by atoms with Gasteiger partial charge in [-0.2, -0.15) is 0 Å². The minimum atomic E-state index is -1.21. The van der Waals surface area contributed by atoms with Crippen LogP contribution in [0.25, 0.3) is 0 Å². The number of rotatable bonds is 9. The Morgan fingerprint density at radius 3 is 2.69 bits per heavy atom. The van der Waals surface area contributed by atoms with Crippen LogP contribution in [-0.4, -0.2) is 59.9 Å². The molecule has 1 aromatic heterocycles. The van der Waals surface area contributed by atoms with Crippen LogP contribution in [0.5, 0.6) is 11.5 Å². The largest absolute Gasteiger partial charge is 0.507 e. The summed E-state index contributed by atoms with van der Waals surface area (Å²) in [6.45, 7) is 2.24. The number of hydrogen-bond acceptors (Lipinski definition) is 7. The number of aliphatic carboxylic acids is 1. The summed E-state index contributed by atoms with van der Waals surface area (Å²) < 4.78 is 5.83.